The van der Waals surface area contributed by atoms with E-state index in [9.17, 15) is 4.79 Å². The molecule has 3 rings (SSSR count). The van der Waals surface area contributed by atoms with Gasteiger partial charge in [-0.15, -0.1) is 0 Å². The van der Waals surface area contributed by atoms with Gasteiger partial charge in [-0.25, -0.2) is 0 Å². The second kappa shape index (κ2) is 13.9. The summed E-state index contributed by atoms with van der Waals surface area (Å²) in [6.45, 7) is 1.87. The van der Waals surface area contributed by atoms with E-state index in [1.165, 1.54) is 5.56 Å². The summed E-state index contributed by atoms with van der Waals surface area (Å²) in [5, 5.41) is 6.24. The van der Waals surface area contributed by atoms with Crippen LogP contribution < -0.4 is 29.6 Å². The lowest BCUT2D eigenvalue weighted by molar-refractivity contribution is -0.116. The molecular weight excluding hydrogens is 444 g/mol. The minimum absolute atomic E-state index is 0.0580. The molecule has 0 heterocycles. The monoisotopic (exact) mass is 478 g/mol. The molecule has 0 spiro atoms. The highest BCUT2D eigenvalue weighted by atomic mass is 16.5. The van der Waals surface area contributed by atoms with E-state index in [0.717, 1.165) is 36.4 Å². The van der Waals surface area contributed by atoms with Gasteiger partial charge in [0, 0.05) is 24.7 Å². The third-order valence-electron chi connectivity index (χ3n) is 5.48. The minimum Gasteiger partial charge on any atom is -0.493 e. The first-order valence-electron chi connectivity index (χ1n) is 11.7. The SMILES string of the molecule is COc1ccc(CCCNCCC(=O)Nc2ccc(OCc3ccccc3)c(OC)c2)cc1OC. The van der Waals surface area contributed by atoms with Gasteiger partial charge in [0.2, 0.25) is 5.91 Å². The summed E-state index contributed by atoms with van der Waals surface area (Å²) in [7, 11) is 4.85. The van der Waals surface area contributed by atoms with Crippen molar-refractivity contribution < 1.29 is 23.7 Å². The molecule has 0 unspecified atom stereocenters. The maximum atomic E-state index is 12.3. The number of carbonyl (C=O) groups is 1. The number of nitrogens with one attached hydrogen (secondary N) is 2. The second-order valence-electron chi connectivity index (χ2n) is 7.98. The van der Waals surface area contributed by atoms with Gasteiger partial charge in [0.25, 0.3) is 0 Å². The number of hydrogen-bond donors (Lipinski definition) is 2. The molecule has 0 atom stereocenters. The number of aryl methyl sites for hydroxylation is 1. The van der Waals surface area contributed by atoms with E-state index < -0.39 is 0 Å². The topological polar surface area (TPSA) is 78.1 Å². The first-order valence-corrected chi connectivity index (χ1v) is 11.7. The second-order valence-corrected chi connectivity index (χ2v) is 7.98. The van der Waals surface area contributed by atoms with Crippen LogP contribution in [0.25, 0.3) is 0 Å². The van der Waals surface area contributed by atoms with Crippen molar-refractivity contribution in [2.45, 2.75) is 25.9 Å². The van der Waals surface area contributed by atoms with Gasteiger partial charge < -0.3 is 29.6 Å². The molecule has 0 aromatic heterocycles. The summed E-state index contributed by atoms with van der Waals surface area (Å²) in [5.74, 6) is 2.62. The molecule has 0 aliphatic carbocycles. The van der Waals surface area contributed by atoms with Gasteiger partial charge in [0.05, 0.1) is 21.3 Å². The number of benzene rings is 3. The van der Waals surface area contributed by atoms with Crippen molar-refractivity contribution in [3.05, 3.63) is 77.9 Å². The molecule has 0 fully saturated rings. The highest BCUT2D eigenvalue weighted by molar-refractivity contribution is 5.91. The molecule has 1 amide bonds. The summed E-state index contributed by atoms with van der Waals surface area (Å²) in [5.41, 5.74) is 2.93. The Labute approximate surface area is 207 Å². The molecule has 7 heteroatoms. The number of anilines is 1. The number of carbonyl (C=O) groups excluding carboxylic acids is 1. The largest absolute Gasteiger partial charge is 0.493 e. The average Bonchev–Trinajstić information content (AvgIpc) is 2.90. The zero-order valence-electron chi connectivity index (χ0n) is 20.6. The Hall–Kier alpha value is -3.71. The fraction of sp³-hybridized carbons (Fsp3) is 0.321. The van der Waals surface area contributed by atoms with Crippen LogP contribution in [0.3, 0.4) is 0 Å². The quantitative estimate of drug-likeness (QED) is 0.323. The van der Waals surface area contributed by atoms with Crippen LogP contribution in [-0.4, -0.2) is 40.3 Å². The smallest absolute Gasteiger partial charge is 0.225 e. The Bertz CT molecular complexity index is 1070. The van der Waals surface area contributed by atoms with Crippen LogP contribution in [0.2, 0.25) is 0 Å². The zero-order chi connectivity index (χ0) is 24.9. The lowest BCUT2D eigenvalue weighted by Gasteiger charge is -2.13. The third-order valence-corrected chi connectivity index (χ3v) is 5.48. The van der Waals surface area contributed by atoms with Crippen molar-refractivity contribution in [2.75, 3.05) is 39.7 Å². The van der Waals surface area contributed by atoms with E-state index in [0.29, 0.717) is 36.8 Å². The van der Waals surface area contributed by atoms with E-state index in [1.807, 2.05) is 60.7 Å². The van der Waals surface area contributed by atoms with E-state index in [2.05, 4.69) is 10.6 Å². The van der Waals surface area contributed by atoms with Gasteiger partial charge in [-0.05, 0) is 54.8 Å². The van der Waals surface area contributed by atoms with Crippen molar-refractivity contribution in [1.82, 2.24) is 5.32 Å². The van der Waals surface area contributed by atoms with Gasteiger partial charge >= 0.3 is 0 Å². The molecule has 186 valence electrons. The van der Waals surface area contributed by atoms with E-state index in [1.54, 1.807) is 27.4 Å². The van der Waals surface area contributed by atoms with Crippen LogP contribution in [-0.2, 0) is 17.8 Å². The Balaban J connectivity index is 1.37. The van der Waals surface area contributed by atoms with Gasteiger partial charge in [-0.3, -0.25) is 4.79 Å². The summed E-state index contributed by atoms with van der Waals surface area (Å²) < 4.78 is 21.9. The molecule has 0 saturated heterocycles. The molecular formula is C28H34N2O5. The number of methoxy groups -OCH3 is 3. The van der Waals surface area contributed by atoms with E-state index >= 15 is 0 Å². The molecule has 0 radical (unpaired) electrons. The first-order chi connectivity index (χ1) is 17.1. The molecule has 0 aliphatic rings. The fourth-order valence-corrected chi connectivity index (χ4v) is 3.60. The maximum absolute atomic E-state index is 12.3. The Kier molecular flexibility index (Phi) is 10.3. The predicted octanol–water partition coefficient (Wildman–Crippen LogP) is 4.84. The van der Waals surface area contributed by atoms with Crippen molar-refractivity contribution >= 4 is 11.6 Å². The molecule has 0 bridgehead atoms. The van der Waals surface area contributed by atoms with Gasteiger partial charge in [0.15, 0.2) is 23.0 Å². The van der Waals surface area contributed by atoms with Crippen LogP contribution in [0.4, 0.5) is 5.69 Å². The predicted molar refractivity (Wildman–Crippen MR) is 138 cm³/mol. The summed E-state index contributed by atoms with van der Waals surface area (Å²) in [4.78, 5) is 12.3. The first kappa shape index (κ1) is 25.9. The molecule has 7 nitrogen and oxygen atoms in total. The maximum Gasteiger partial charge on any atom is 0.225 e. The van der Waals surface area contributed by atoms with Crippen molar-refractivity contribution in [2.24, 2.45) is 0 Å². The third kappa shape index (κ3) is 8.22. The van der Waals surface area contributed by atoms with Crippen LogP contribution in [0, 0.1) is 0 Å². The Morgan fingerprint density at radius 1 is 0.743 bits per heavy atom. The zero-order valence-corrected chi connectivity index (χ0v) is 20.6. The van der Waals surface area contributed by atoms with E-state index in [-0.39, 0.29) is 5.91 Å². The Morgan fingerprint density at radius 2 is 1.46 bits per heavy atom. The van der Waals surface area contributed by atoms with E-state index in [4.69, 9.17) is 18.9 Å². The van der Waals surface area contributed by atoms with Crippen molar-refractivity contribution in [3.8, 4) is 23.0 Å². The molecule has 3 aromatic rings. The molecule has 2 N–H and O–H groups in total. The molecule has 3 aromatic carbocycles. The number of amides is 1. The number of rotatable bonds is 14. The molecule has 0 aliphatic heterocycles. The Morgan fingerprint density at radius 3 is 2.20 bits per heavy atom. The molecule has 0 saturated carbocycles. The highest BCUT2D eigenvalue weighted by Gasteiger charge is 2.09. The number of ether oxygens (including phenoxy) is 4. The van der Waals surface area contributed by atoms with Crippen molar-refractivity contribution in [3.63, 3.8) is 0 Å². The highest BCUT2D eigenvalue weighted by Crippen LogP contribution is 2.31. The summed E-state index contributed by atoms with van der Waals surface area (Å²) in [6.07, 6.45) is 2.25. The van der Waals surface area contributed by atoms with Gasteiger partial charge in [0.1, 0.15) is 6.61 Å². The lowest BCUT2D eigenvalue weighted by atomic mass is 10.1. The average molecular weight is 479 g/mol. The van der Waals surface area contributed by atoms with Crippen LogP contribution in [0.5, 0.6) is 23.0 Å². The minimum atomic E-state index is -0.0580. The van der Waals surface area contributed by atoms with Gasteiger partial charge in [-0.1, -0.05) is 36.4 Å². The van der Waals surface area contributed by atoms with Crippen LogP contribution >= 0.6 is 0 Å². The van der Waals surface area contributed by atoms with Crippen molar-refractivity contribution in [1.29, 1.82) is 0 Å². The summed E-state index contributed by atoms with van der Waals surface area (Å²) >= 11 is 0. The normalized spacial score (nSPS) is 10.5. The van der Waals surface area contributed by atoms with Gasteiger partial charge in [-0.2, -0.15) is 0 Å². The standard InChI is InChI=1S/C28H34N2O5/c1-32-24-13-11-21(18-26(24)33-2)10-7-16-29-17-15-28(31)30-23-12-14-25(27(19-23)34-3)35-20-22-8-5-4-6-9-22/h4-6,8-9,11-14,18-19,29H,7,10,15-17,20H2,1-3H3,(H,30,31). The lowest BCUT2D eigenvalue weighted by Crippen LogP contribution is -2.23. The van der Waals surface area contributed by atoms with Crippen LogP contribution in [0.1, 0.15) is 24.0 Å². The number of hydrogen-bond acceptors (Lipinski definition) is 6. The summed E-state index contributed by atoms with van der Waals surface area (Å²) in [6, 6.07) is 21.3. The van der Waals surface area contributed by atoms with Crippen LogP contribution in [0.15, 0.2) is 66.7 Å². The molecule has 35 heavy (non-hydrogen) atoms. The fourth-order valence-electron chi connectivity index (χ4n) is 3.60.